The molecule has 1 aromatic rings. The van der Waals surface area contributed by atoms with Crippen LogP contribution in [0, 0.1) is 10.1 Å². The maximum atomic E-state index is 12.1. The van der Waals surface area contributed by atoms with E-state index in [1.807, 2.05) is 0 Å². The topological polar surface area (TPSA) is 98.3 Å². The van der Waals surface area contributed by atoms with Gasteiger partial charge in [0.15, 0.2) is 0 Å². The molecule has 18 heavy (non-hydrogen) atoms. The Kier molecular flexibility index (Phi) is 2.10. The van der Waals surface area contributed by atoms with Crippen molar-refractivity contribution in [1.82, 2.24) is 0 Å². The van der Waals surface area contributed by atoms with Gasteiger partial charge >= 0.3 is 0 Å². The molecule has 6 nitrogen and oxygen atoms in total. The van der Waals surface area contributed by atoms with Crippen molar-refractivity contribution in [1.29, 1.82) is 0 Å². The second-order valence-electron chi connectivity index (χ2n) is 4.96. The molecule has 3 rings (SSSR count). The van der Waals surface area contributed by atoms with Crippen molar-refractivity contribution in [2.45, 2.75) is 31.1 Å². The number of benzene rings is 1. The van der Waals surface area contributed by atoms with Gasteiger partial charge in [0.1, 0.15) is 5.69 Å². The van der Waals surface area contributed by atoms with Crippen LogP contribution in [0.3, 0.4) is 0 Å². The number of nitro groups is 1. The minimum atomic E-state index is -0.562. The number of carbonyl (C=O) groups excluding carboxylic acids is 1. The number of nitrogens with two attached hydrogens (primary N) is 1. The number of rotatable bonds is 1. The Bertz CT molecular complexity index is 562. The normalized spacial score (nSPS) is 19.9. The molecule has 0 atom stereocenters. The van der Waals surface area contributed by atoms with Gasteiger partial charge in [0, 0.05) is 11.8 Å². The molecule has 0 aromatic heterocycles. The predicted octanol–water partition coefficient (Wildman–Crippen LogP) is 1.94. The summed E-state index contributed by atoms with van der Waals surface area (Å²) >= 11 is 0. The molecule has 1 saturated carbocycles. The zero-order valence-electron chi connectivity index (χ0n) is 9.73. The van der Waals surface area contributed by atoms with E-state index in [4.69, 9.17) is 5.73 Å². The van der Waals surface area contributed by atoms with Crippen molar-refractivity contribution < 1.29 is 9.72 Å². The predicted molar refractivity (Wildman–Crippen MR) is 66.3 cm³/mol. The summed E-state index contributed by atoms with van der Waals surface area (Å²) in [6.07, 6.45) is 3.47. The Morgan fingerprint density at radius 2 is 2.00 bits per heavy atom. The monoisotopic (exact) mass is 247 g/mol. The fourth-order valence-electron chi connectivity index (χ4n) is 3.10. The molecule has 2 aliphatic rings. The van der Waals surface area contributed by atoms with Gasteiger partial charge in [-0.3, -0.25) is 14.9 Å². The first-order valence-electron chi connectivity index (χ1n) is 5.94. The third-order valence-electron chi connectivity index (χ3n) is 4.02. The summed E-state index contributed by atoms with van der Waals surface area (Å²) in [5.41, 5.74) is 6.42. The van der Waals surface area contributed by atoms with Crippen LogP contribution in [0.1, 0.15) is 31.2 Å². The molecule has 94 valence electrons. The molecule has 1 amide bonds. The molecule has 0 unspecified atom stereocenters. The van der Waals surface area contributed by atoms with Crippen molar-refractivity contribution in [2.24, 2.45) is 0 Å². The van der Waals surface area contributed by atoms with Crippen molar-refractivity contribution in [3.8, 4) is 0 Å². The van der Waals surface area contributed by atoms with Crippen molar-refractivity contribution in [3.63, 3.8) is 0 Å². The number of amides is 1. The van der Waals surface area contributed by atoms with Crippen molar-refractivity contribution in [3.05, 3.63) is 27.8 Å². The number of nitrogens with zero attached hydrogens (tertiary/aromatic N) is 1. The molecular formula is C12H13N3O3. The molecule has 1 aliphatic heterocycles. The molecule has 0 radical (unpaired) electrons. The molecule has 1 spiro atoms. The Labute approximate surface area is 103 Å². The van der Waals surface area contributed by atoms with Crippen LogP contribution in [0.15, 0.2) is 12.1 Å². The van der Waals surface area contributed by atoms with Crippen LogP contribution in [-0.4, -0.2) is 10.8 Å². The summed E-state index contributed by atoms with van der Waals surface area (Å²) < 4.78 is 0. The van der Waals surface area contributed by atoms with E-state index in [1.54, 1.807) is 0 Å². The number of nitrogens with one attached hydrogen (secondary N) is 1. The van der Waals surface area contributed by atoms with Gasteiger partial charge in [0.25, 0.3) is 5.69 Å². The first kappa shape index (κ1) is 11.0. The lowest BCUT2D eigenvalue weighted by atomic mass is 9.80. The number of nitrogen functional groups attached to an aromatic ring is 1. The average Bonchev–Trinajstić information content (AvgIpc) is 2.87. The van der Waals surface area contributed by atoms with E-state index in [1.165, 1.54) is 12.1 Å². The average molecular weight is 247 g/mol. The van der Waals surface area contributed by atoms with E-state index in [9.17, 15) is 14.9 Å². The lowest BCUT2D eigenvalue weighted by molar-refractivity contribution is -0.384. The Hall–Kier alpha value is -2.11. The van der Waals surface area contributed by atoms with Gasteiger partial charge in [-0.25, -0.2) is 0 Å². The second-order valence-corrected chi connectivity index (χ2v) is 4.96. The second kappa shape index (κ2) is 3.44. The van der Waals surface area contributed by atoms with Gasteiger partial charge in [-0.05, 0) is 24.5 Å². The van der Waals surface area contributed by atoms with E-state index < -0.39 is 10.3 Å². The summed E-state index contributed by atoms with van der Waals surface area (Å²) in [5.74, 6) is -0.0464. The van der Waals surface area contributed by atoms with Crippen LogP contribution in [0.4, 0.5) is 17.1 Å². The number of fused-ring (bicyclic) bond motifs is 2. The number of hydrogen-bond acceptors (Lipinski definition) is 4. The van der Waals surface area contributed by atoms with Gasteiger partial charge in [-0.15, -0.1) is 0 Å². The Morgan fingerprint density at radius 1 is 1.33 bits per heavy atom. The zero-order chi connectivity index (χ0) is 12.9. The summed E-state index contributed by atoms with van der Waals surface area (Å²) in [7, 11) is 0. The third-order valence-corrected chi connectivity index (χ3v) is 4.02. The smallest absolute Gasteiger partial charge is 0.292 e. The number of carbonyl (C=O) groups is 1. The number of hydrogen-bond donors (Lipinski definition) is 2. The van der Waals surface area contributed by atoms with E-state index in [0.717, 1.165) is 31.2 Å². The minimum Gasteiger partial charge on any atom is -0.393 e. The highest BCUT2D eigenvalue weighted by Crippen LogP contribution is 2.50. The van der Waals surface area contributed by atoms with E-state index in [0.29, 0.717) is 5.69 Å². The Morgan fingerprint density at radius 3 is 2.61 bits per heavy atom. The lowest BCUT2D eigenvalue weighted by Gasteiger charge is -2.20. The van der Waals surface area contributed by atoms with Gasteiger partial charge in [-0.2, -0.15) is 0 Å². The van der Waals surface area contributed by atoms with Crippen LogP contribution in [-0.2, 0) is 10.2 Å². The third kappa shape index (κ3) is 1.25. The minimum absolute atomic E-state index is 0.0464. The summed E-state index contributed by atoms with van der Waals surface area (Å²) in [5, 5.41) is 13.7. The summed E-state index contributed by atoms with van der Waals surface area (Å²) in [6, 6.07) is 2.96. The highest BCUT2D eigenvalue weighted by Gasteiger charge is 2.49. The van der Waals surface area contributed by atoms with Gasteiger partial charge < -0.3 is 11.1 Å². The zero-order valence-corrected chi connectivity index (χ0v) is 9.73. The highest BCUT2D eigenvalue weighted by molar-refractivity contribution is 6.07. The van der Waals surface area contributed by atoms with Crippen LogP contribution in [0.25, 0.3) is 0 Å². The molecule has 6 heteroatoms. The molecule has 0 bridgehead atoms. The molecule has 1 aromatic carbocycles. The van der Waals surface area contributed by atoms with E-state index in [-0.39, 0.29) is 17.3 Å². The fraction of sp³-hybridized carbons (Fsp3) is 0.417. The van der Waals surface area contributed by atoms with Gasteiger partial charge in [0.05, 0.1) is 10.3 Å². The number of anilines is 2. The van der Waals surface area contributed by atoms with E-state index >= 15 is 0 Å². The molecule has 1 fully saturated rings. The van der Waals surface area contributed by atoms with Gasteiger partial charge in [0.2, 0.25) is 5.91 Å². The quantitative estimate of drug-likeness (QED) is 0.450. The molecule has 0 saturated heterocycles. The van der Waals surface area contributed by atoms with Crippen LogP contribution >= 0.6 is 0 Å². The molecule has 3 N–H and O–H groups in total. The summed E-state index contributed by atoms with van der Waals surface area (Å²) in [4.78, 5) is 22.6. The van der Waals surface area contributed by atoms with E-state index in [2.05, 4.69) is 5.32 Å². The molecular weight excluding hydrogens is 234 g/mol. The highest BCUT2D eigenvalue weighted by atomic mass is 16.6. The van der Waals surface area contributed by atoms with Crippen molar-refractivity contribution in [2.75, 3.05) is 11.1 Å². The lowest BCUT2D eigenvalue weighted by Crippen LogP contribution is -2.30. The van der Waals surface area contributed by atoms with Crippen LogP contribution < -0.4 is 11.1 Å². The first-order valence-corrected chi connectivity index (χ1v) is 5.94. The number of nitro benzene ring substituents is 1. The van der Waals surface area contributed by atoms with Crippen LogP contribution in [0.5, 0.6) is 0 Å². The standard InChI is InChI=1S/C12H13N3O3/c13-8-6-9-7(5-10(8)15(17)18)12(11(16)14-9)3-1-2-4-12/h5-6H,1-4,13H2,(H,14,16). The maximum Gasteiger partial charge on any atom is 0.292 e. The van der Waals surface area contributed by atoms with Crippen molar-refractivity contribution >= 4 is 23.0 Å². The summed E-state index contributed by atoms with van der Waals surface area (Å²) in [6.45, 7) is 0. The first-order chi connectivity index (χ1) is 8.54. The maximum absolute atomic E-state index is 12.1. The molecule has 1 aliphatic carbocycles. The molecule has 1 heterocycles. The van der Waals surface area contributed by atoms with Gasteiger partial charge in [-0.1, -0.05) is 12.8 Å². The van der Waals surface area contributed by atoms with Crippen LogP contribution in [0.2, 0.25) is 0 Å². The fourth-order valence-corrected chi connectivity index (χ4v) is 3.10. The SMILES string of the molecule is Nc1cc2c(cc1[N+](=O)[O-])C1(CCCC1)C(=O)N2. The Balaban J connectivity index is 2.20. The largest absolute Gasteiger partial charge is 0.393 e.